The molecule has 0 radical (unpaired) electrons. The Balaban J connectivity index is 1.74. The molecule has 1 aliphatic rings. The van der Waals surface area contributed by atoms with E-state index in [1.807, 2.05) is 0 Å². The Bertz CT molecular complexity index is 589. The summed E-state index contributed by atoms with van der Waals surface area (Å²) in [6.07, 6.45) is 3.51. The van der Waals surface area contributed by atoms with E-state index in [-0.39, 0.29) is 35.9 Å². The van der Waals surface area contributed by atoms with Crippen LogP contribution in [0.2, 0.25) is 0 Å². The number of hydrogen-bond donors (Lipinski definition) is 3. The van der Waals surface area contributed by atoms with Crippen LogP contribution in [0.5, 0.6) is 0 Å². The highest BCUT2D eigenvalue weighted by atomic mass is 32.2. The molecule has 0 bridgehead atoms. The van der Waals surface area contributed by atoms with Gasteiger partial charge in [-0.3, -0.25) is 4.79 Å². The first-order chi connectivity index (χ1) is 10.5. The first-order valence-electron chi connectivity index (χ1n) is 7.57. The second kappa shape index (κ2) is 7.71. The largest absolute Gasteiger partial charge is 0.355 e. The van der Waals surface area contributed by atoms with Crippen LogP contribution in [0.4, 0.5) is 0 Å². The molecule has 1 saturated carbocycles. The Kier molecular flexibility index (Phi) is 5.93. The third-order valence-corrected chi connectivity index (χ3v) is 5.33. The van der Waals surface area contributed by atoms with E-state index in [1.165, 1.54) is 12.1 Å². The Labute approximate surface area is 131 Å². The molecule has 0 saturated heterocycles. The van der Waals surface area contributed by atoms with Crippen molar-refractivity contribution in [3.8, 4) is 0 Å². The van der Waals surface area contributed by atoms with Gasteiger partial charge in [0.05, 0.1) is 4.90 Å². The Morgan fingerprint density at radius 1 is 1.18 bits per heavy atom. The van der Waals surface area contributed by atoms with Crippen LogP contribution >= 0.6 is 0 Å². The first-order valence-corrected chi connectivity index (χ1v) is 9.05. The van der Waals surface area contributed by atoms with Crippen LogP contribution in [0.25, 0.3) is 0 Å². The van der Waals surface area contributed by atoms with Crippen LogP contribution in [0.15, 0.2) is 35.2 Å². The minimum absolute atomic E-state index is 0.0333. The van der Waals surface area contributed by atoms with E-state index in [0.717, 1.165) is 19.3 Å². The molecule has 7 heteroatoms. The SMILES string of the molecule is NC1CCCC(C(=O)NCCNS(=O)(=O)c2ccccc2)C1. The average molecular weight is 325 g/mol. The second-order valence-electron chi connectivity index (χ2n) is 5.63. The molecule has 122 valence electrons. The van der Waals surface area contributed by atoms with Crippen molar-refractivity contribution in [3.05, 3.63) is 30.3 Å². The number of sulfonamides is 1. The van der Waals surface area contributed by atoms with Gasteiger partial charge in [0, 0.05) is 25.0 Å². The van der Waals surface area contributed by atoms with E-state index < -0.39 is 10.0 Å². The molecule has 0 spiro atoms. The van der Waals surface area contributed by atoms with Crippen molar-refractivity contribution < 1.29 is 13.2 Å². The molecule has 6 nitrogen and oxygen atoms in total. The van der Waals surface area contributed by atoms with Crippen LogP contribution in [0.3, 0.4) is 0 Å². The van der Waals surface area contributed by atoms with Gasteiger partial charge >= 0.3 is 0 Å². The summed E-state index contributed by atoms with van der Waals surface area (Å²) in [5.74, 6) is -0.0801. The maximum Gasteiger partial charge on any atom is 0.240 e. The summed E-state index contributed by atoms with van der Waals surface area (Å²) in [5, 5.41) is 2.78. The molecule has 1 amide bonds. The standard InChI is InChI=1S/C15H23N3O3S/c16-13-6-4-5-12(11-13)15(19)17-9-10-18-22(20,21)14-7-2-1-3-8-14/h1-3,7-8,12-13,18H,4-6,9-11,16H2,(H,17,19). The fourth-order valence-corrected chi connectivity index (χ4v) is 3.72. The van der Waals surface area contributed by atoms with Crippen molar-refractivity contribution in [2.45, 2.75) is 36.6 Å². The van der Waals surface area contributed by atoms with Crippen LogP contribution in [0, 0.1) is 5.92 Å². The van der Waals surface area contributed by atoms with Gasteiger partial charge in [-0.05, 0) is 31.4 Å². The molecule has 22 heavy (non-hydrogen) atoms. The molecule has 0 aromatic heterocycles. The smallest absolute Gasteiger partial charge is 0.240 e. The summed E-state index contributed by atoms with van der Waals surface area (Å²) in [7, 11) is -3.51. The Morgan fingerprint density at radius 2 is 1.91 bits per heavy atom. The van der Waals surface area contributed by atoms with Gasteiger partial charge in [0.2, 0.25) is 15.9 Å². The number of hydrogen-bond acceptors (Lipinski definition) is 4. The zero-order valence-corrected chi connectivity index (χ0v) is 13.3. The minimum atomic E-state index is -3.51. The number of benzene rings is 1. The molecule has 2 rings (SSSR count). The predicted molar refractivity (Wildman–Crippen MR) is 84.6 cm³/mol. The third kappa shape index (κ3) is 4.79. The van der Waals surface area contributed by atoms with Gasteiger partial charge in [-0.25, -0.2) is 13.1 Å². The maximum absolute atomic E-state index is 12.0. The lowest BCUT2D eigenvalue weighted by Gasteiger charge is -2.25. The lowest BCUT2D eigenvalue weighted by molar-refractivity contribution is -0.126. The zero-order valence-electron chi connectivity index (χ0n) is 12.5. The van der Waals surface area contributed by atoms with Crippen LogP contribution in [-0.4, -0.2) is 33.5 Å². The topological polar surface area (TPSA) is 101 Å². The summed E-state index contributed by atoms with van der Waals surface area (Å²) in [5.41, 5.74) is 5.87. The molecular formula is C15H23N3O3S. The number of rotatable bonds is 6. The molecule has 1 fully saturated rings. The fraction of sp³-hybridized carbons (Fsp3) is 0.533. The van der Waals surface area contributed by atoms with E-state index in [2.05, 4.69) is 10.0 Å². The summed E-state index contributed by atoms with van der Waals surface area (Å²) in [4.78, 5) is 12.2. The van der Waals surface area contributed by atoms with Gasteiger partial charge in [0.1, 0.15) is 0 Å². The van der Waals surface area contributed by atoms with Gasteiger partial charge < -0.3 is 11.1 Å². The van der Waals surface area contributed by atoms with Gasteiger partial charge in [-0.15, -0.1) is 0 Å². The van der Waals surface area contributed by atoms with Gasteiger partial charge in [0.25, 0.3) is 0 Å². The minimum Gasteiger partial charge on any atom is -0.355 e. The van der Waals surface area contributed by atoms with E-state index in [4.69, 9.17) is 5.73 Å². The summed E-state index contributed by atoms with van der Waals surface area (Å²) in [6.45, 7) is 0.443. The molecule has 0 heterocycles. The normalized spacial score (nSPS) is 22.2. The number of carbonyl (C=O) groups is 1. The van der Waals surface area contributed by atoms with E-state index in [1.54, 1.807) is 18.2 Å². The van der Waals surface area contributed by atoms with E-state index >= 15 is 0 Å². The number of nitrogens with two attached hydrogens (primary N) is 1. The van der Waals surface area contributed by atoms with Crippen molar-refractivity contribution in [2.24, 2.45) is 11.7 Å². The monoisotopic (exact) mass is 325 g/mol. The average Bonchev–Trinajstić information content (AvgIpc) is 2.52. The third-order valence-electron chi connectivity index (χ3n) is 3.86. The van der Waals surface area contributed by atoms with Crippen LogP contribution in [0.1, 0.15) is 25.7 Å². The highest BCUT2D eigenvalue weighted by Gasteiger charge is 2.25. The van der Waals surface area contributed by atoms with Crippen LogP contribution < -0.4 is 15.8 Å². The molecule has 4 N–H and O–H groups in total. The Morgan fingerprint density at radius 3 is 2.59 bits per heavy atom. The van der Waals surface area contributed by atoms with Gasteiger partial charge in [-0.2, -0.15) is 0 Å². The predicted octanol–water partition coefficient (Wildman–Crippen LogP) is 0.599. The molecule has 0 aliphatic heterocycles. The molecule has 1 aliphatic carbocycles. The van der Waals surface area contributed by atoms with Crippen molar-refractivity contribution >= 4 is 15.9 Å². The van der Waals surface area contributed by atoms with Gasteiger partial charge in [-0.1, -0.05) is 24.6 Å². The fourth-order valence-electron chi connectivity index (χ4n) is 2.66. The molecular weight excluding hydrogens is 302 g/mol. The number of nitrogens with one attached hydrogen (secondary N) is 2. The maximum atomic E-state index is 12.0. The van der Waals surface area contributed by atoms with Crippen molar-refractivity contribution in [1.82, 2.24) is 10.0 Å². The van der Waals surface area contributed by atoms with Crippen LogP contribution in [-0.2, 0) is 14.8 Å². The highest BCUT2D eigenvalue weighted by molar-refractivity contribution is 7.89. The first kappa shape index (κ1) is 16.9. The van der Waals surface area contributed by atoms with E-state index in [0.29, 0.717) is 6.42 Å². The van der Waals surface area contributed by atoms with Gasteiger partial charge in [0.15, 0.2) is 0 Å². The van der Waals surface area contributed by atoms with Crippen molar-refractivity contribution in [3.63, 3.8) is 0 Å². The highest BCUT2D eigenvalue weighted by Crippen LogP contribution is 2.22. The second-order valence-corrected chi connectivity index (χ2v) is 7.39. The van der Waals surface area contributed by atoms with Crippen molar-refractivity contribution in [1.29, 1.82) is 0 Å². The summed E-state index contributed by atoms with van der Waals surface area (Å²) >= 11 is 0. The lowest BCUT2D eigenvalue weighted by atomic mass is 9.85. The quantitative estimate of drug-likeness (QED) is 0.667. The zero-order chi connectivity index (χ0) is 16.0. The number of carbonyl (C=O) groups excluding carboxylic acids is 1. The molecule has 2 unspecified atom stereocenters. The summed E-state index contributed by atoms with van der Waals surface area (Å²) in [6, 6.07) is 8.26. The number of amides is 1. The summed E-state index contributed by atoms with van der Waals surface area (Å²) < 4.78 is 26.4. The van der Waals surface area contributed by atoms with E-state index in [9.17, 15) is 13.2 Å². The Hall–Kier alpha value is -1.44. The molecule has 1 aromatic carbocycles. The lowest BCUT2D eigenvalue weighted by Crippen LogP contribution is -2.40. The molecule has 1 aromatic rings. The molecule has 2 atom stereocenters. The van der Waals surface area contributed by atoms with Crippen molar-refractivity contribution in [2.75, 3.05) is 13.1 Å².